The minimum absolute atomic E-state index is 0.0647. The summed E-state index contributed by atoms with van der Waals surface area (Å²) in [5.41, 5.74) is 1.05. The molecular weight excluding hydrogens is 354 g/mol. The number of nitrogens with zero attached hydrogens (tertiary/aromatic N) is 1. The fraction of sp³-hybridized carbons (Fsp3) is 0.333. The molecule has 0 atom stereocenters. The average molecular weight is 377 g/mol. The number of benzene rings is 1. The number of nitrogens with one attached hydrogen (secondary N) is 2. The lowest BCUT2D eigenvalue weighted by molar-refractivity contribution is 0.0953. The summed E-state index contributed by atoms with van der Waals surface area (Å²) in [6, 6.07) is 9.82. The number of ether oxygens (including phenoxy) is 1. The van der Waals surface area contributed by atoms with Gasteiger partial charge < -0.3 is 10.1 Å². The maximum atomic E-state index is 12.6. The van der Waals surface area contributed by atoms with Crippen molar-refractivity contribution in [3.63, 3.8) is 0 Å². The third-order valence-electron chi connectivity index (χ3n) is 3.65. The Hall–Kier alpha value is -2.45. The molecule has 0 saturated carbocycles. The lowest BCUT2D eigenvalue weighted by Gasteiger charge is -2.12. The first-order valence-electron chi connectivity index (χ1n) is 8.33. The maximum Gasteiger partial charge on any atom is 0.251 e. The Morgan fingerprint density at radius 2 is 2.00 bits per heavy atom. The molecule has 2 N–H and O–H groups in total. The summed E-state index contributed by atoms with van der Waals surface area (Å²) in [6.07, 6.45) is 2.91. The summed E-state index contributed by atoms with van der Waals surface area (Å²) in [7, 11) is -2.44. The molecule has 0 saturated heterocycles. The Balaban J connectivity index is 2.16. The maximum absolute atomic E-state index is 12.6. The van der Waals surface area contributed by atoms with Gasteiger partial charge >= 0.3 is 0 Å². The van der Waals surface area contributed by atoms with E-state index in [0.717, 1.165) is 12.1 Å². The van der Waals surface area contributed by atoms with Gasteiger partial charge in [0.15, 0.2) is 0 Å². The first-order chi connectivity index (χ1) is 12.5. The predicted octanol–water partition coefficient (Wildman–Crippen LogP) is 1.75. The van der Waals surface area contributed by atoms with Crippen LogP contribution in [-0.4, -0.2) is 39.5 Å². The van der Waals surface area contributed by atoms with E-state index in [9.17, 15) is 13.2 Å². The molecule has 1 amide bonds. The van der Waals surface area contributed by atoms with Crippen LogP contribution in [0.5, 0.6) is 5.75 Å². The van der Waals surface area contributed by atoms with Crippen LogP contribution in [0.2, 0.25) is 0 Å². The van der Waals surface area contributed by atoms with Gasteiger partial charge in [0.25, 0.3) is 5.91 Å². The number of methoxy groups -OCH3 is 1. The van der Waals surface area contributed by atoms with Gasteiger partial charge in [-0.1, -0.05) is 13.0 Å². The van der Waals surface area contributed by atoms with Crippen molar-refractivity contribution >= 4 is 15.9 Å². The number of sulfonamides is 1. The summed E-state index contributed by atoms with van der Waals surface area (Å²) >= 11 is 0. The first kappa shape index (κ1) is 19.9. The molecule has 2 rings (SSSR count). The first-order valence-corrected chi connectivity index (χ1v) is 9.82. The Labute approximate surface area is 153 Å². The molecule has 0 aliphatic carbocycles. The smallest absolute Gasteiger partial charge is 0.251 e. The van der Waals surface area contributed by atoms with E-state index in [4.69, 9.17) is 4.74 Å². The lowest BCUT2D eigenvalue weighted by atomic mass is 10.2. The average Bonchev–Trinajstić information content (AvgIpc) is 2.66. The fourth-order valence-corrected chi connectivity index (χ4v) is 3.53. The van der Waals surface area contributed by atoms with Crippen LogP contribution in [0.25, 0.3) is 0 Å². The van der Waals surface area contributed by atoms with Gasteiger partial charge in [0.2, 0.25) is 10.0 Å². The van der Waals surface area contributed by atoms with Crippen molar-refractivity contribution < 1.29 is 17.9 Å². The van der Waals surface area contributed by atoms with Gasteiger partial charge in [-0.25, -0.2) is 13.1 Å². The number of pyridine rings is 1. The summed E-state index contributed by atoms with van der Waals surface area (Å²) in [4.78, 5) is 16.2. The lowest BCUT2D eigenvalue weighted by Crippen LogP contribution is -2.28. The number of rotatable bonds is 9. The minimum atomic E-state index is -3.83. The van der Waals surface area contributed by atoms with Crippen LogP contribution in [0.4, 0.5) is 0 Å². The van der Waals surface area contributed by atoms with Crippen LogP contribution in [0.1, 0.15) is 29.4 Å². The molecular formula is C18H23N3O4S. The zero-order chi connectivity index (χ0) is 19.0. The molecule has 0 aliphatic heterocycles. The normalized spacial score (nSPS) is 11.2. The van der Waals surface area contributed by atoms with Gasteiger partial charge in [0, 0.05) is 37.0 Å². The molecule has 0 spiro atoms. The van der Waals surface area contributed by atoms with Crippen LogP contribution in [-0.2, 0) is 16.4 Å². The summed E-state index contributed by atoms with van der Waals surface area (Å²) in [5.74, 6) is -0.137. The number of amides is 1. The van der Waals surface area contributed by atoms with Crippen LogP contribution >= 0.6 is 0 Å². The van der Waals surface area contributed by atoms with E-state index in [1.54, 1.807) is 12.3 Å². The zero-order valence-corrected chi connectivity index (χ0v) is 15.7. The van der Waals surface area contributed by atoms with Gasteiger partial charge in [0.1, 0.15) is 10.6 Å². The molecule has 1 heterocycles. The van der Waals surface area contributed by atoms with Crippen LogP contribution in [0, 0.1) is 0 Å². The molecule has 0 radical (unpaired) electrons. The van der Waals surface area contributed by atoms with E-state index >= 15 is 0 Å². The molecule has 2 aromatic rings. The number of carbonyl (C=O) groups excluding carboxylic acids is 1. The highest BCUT2D eigenvalue weighted by molar-refractivity contribution is 7.89. The highest BCUT2D eigenvalue weighted by atomic mass is 32.2. The van der Waals surface area contributed by atoms with Gasteiger partial charge in [-0.15, -0.1) is 0 Å². The van der Waals surface area contributed by atoms with Crippen molar-refractivity contribution in [3.8, 4) is 5.75 Å². The Kier molecular flexibility index (Phi) is 7.11. The number of aromatic nitrogens is 1. The molecule has 0 aliphatic rings. The standard InChI is InChI=1S/C18H23N3O4S/c1-3-10-20-18(22)14-7-8-16(25-2)17(13-14)26(23,24)21-12-9-15-6-4-5-11-19-15/h4-8,11,13,21H,3,9-10,12H2,1-2H3,(H,20,22). The molecule has 140 valence electrons. The third-order valence-corrected chi connectivity index (χ3v) is 5.13. The van der Waals surface area contributed by atoms with E-state index in [0.29, 0.717) is 13.0 Å². The van der Waals surface area contributed by atoms with Crippen molar-refractivity contribution in [1.82, 2.24) is 15.0 Å². The quantitative estimate of drug-likeness (QED) is 0.694. The SMILES string of the molecule is CCCNC(=O)c1ccc(OC)c(S(=O)(=O)NCCc2ccccn2)c1. The van der Waals surface area contributed by atoms with E-state index in [1.807, 2.05) is 19.1 Å². The summed E-state index contributed by atoms with van der Waals surface area (Å²) in [6.45, 7) is 2.65. The number of carbonyl (C=O) groups is 1. The molecule has 0 bridgehead atoms. The molecule has 7 nitrogen and oxygen atoms in total. The van der Waals surface area contributed by atoms with Crippen molar-refractivity contribution in [1.29, 1.82) is 0 Å². The van der Waals surface area contributed by atoms with Crippen molar-refractivity contribution in [2.24, 2.45) is 0 Å². The monoisotopic (exact) mass is 377 g/mol. The van der Waals surface area contributed by atoms with Crippen molar-refractivity contribution in [2.75, 3.05) is 20.2 Å². The second-order valence-electron chi connectivity index (χ2n) is 5.59. The highest BCUT2D eigenvalue weighted by Gasteiger charge is 2.21. The molecule has 1 aromatic carbocycles. The molecule has 1 aromatic heterocycles. The van der Waals surface area contributed by atoms with Gasteiger partial charge in [-0.2, -0.15) is 0 Å². The van der Waals surface area contributed by atoms with E-state index < -0.39 is 10.0 Å². The number of hydrogen-bond acceptors (Lipinski definition) is 5. The van der Waals surface area contributed by atoms with Crippen LogP contribution < -0.4 is 14.8 Å². The second-order valence-corrected chi connectivity index (χ2v) is 7.33. The predicted molar refractivity (Wildman–Crippen MR) is 98.7 cm³/mol. The molecule has 0 unspecified atom stereocenters. The molecule has 8 heteroatoms. The Morgan fingerprint density at radius 1 is 1.19 bits per heavy atom. The molecule has 26 heavy (non-hydrogen) atoms. The van der Waals surface area contributed by atoms with Gasteiger partial charge in [-0.3, -0.25) is 9.78 Å². The minimum Gasteiger partial charge on any atom is -0.495 e. The molecule has 0 fully saturated rings. The van der Waals surface area contributed by atoms with E-state index in [2.05, 4.69) is 15.0 Å². The topological polar surface area (TPSA) is 97.4 Å². The van der Waals surface area contributed by atoms with Crippen molar-refractivity contribution in [3.05, 3.63) is 53.9 Å². The number of hydrogen-bond donors (Lipinski definition) is 2. The third kappa shape index (κ3) is 5.27. The zero-order valence-electron chi connectivity index (χ0n) is 14.9. The van der Waals surface area contributed by atoms with Gasteiger partial charge in [-0.05, 0) is 36.8 Å². The Bertz CT molecular complexity index is 839. The summed E-state index contributed by atoms with van der Waals surface area (Å²) in [5, 5.41) is 2.73. The van der Waals surface area contributed by atoms with Crippen LogP contribution in [0.15, 0.2) is 47.5 Å². The second kappa shape index (κ2) is 9.30. The Morgan fingerprint density at radius 3 is 2.65 bits per heavy atom. The van der Waals surface area contributed by atoms with Crippen molar-refractivity contribution in [2.45, 2.75) is 24.7 Å². The van der Waals surface area contributed by atoms with Crippen LogP contribution in [0.3, 0.4) is 0 Å². The van der Waals surface area contributed by atoms with Gasteiger partial charge in [0.05, 0.1) is 7.11 Å². The fourth-order valence-electron chi connectivity index (χ4n) is 2.31. The highest BCUT2D eigenvalue weighted by Crippen LogP contribution is 2.24. The van der Waals surface area contributed by atoms with E-state index in [-0.39, 0.29) is 28.7 Å². The van der Waals surface area contributed by atoms with E-state index in [1.165, 1.54) is 25.3 Å². The largest absolute Gasteiger partial charge is 0.495 e. The summed E-state index contributed by atoms with van der Waals surface area (Å²) < 4.78 is 33.0.